The number of carbonyl (C=O) groups excluding carboxylic acids is 2. The molecule has 3 saturated heterocycles. The van der Waals surface area contributed by atoms with E-state index in [1.54, 1.807) is 24.8 Å². The molecule has 12 heteroatoms. The normalized spacial score (nSPS) is 38.9. The van der Waals surface area contributed by atoms with E-state index >= 15 is 4.39 Å². The Bertz CT molecular complexity index is 1190. The van der Waals surface area contributed by atoms with Gasteiger partial charge in [0.2, 0.25) is 0 Å². The number of halogens is 2. The van der Waals surface area contributed by atoms with Crippen molar-refractivity contribution in [3.63, 3.8) is 0 Å². The monoisotopic (exact) mass is 602 g/mol. The summed E-state index contributed by atoms with van der Waals surface area (Å²) in [6.45, 7) is 5.59. The number of carbonyl (C=O) groups is 2. The van der Waals surface area contributed by atoms with Crippen molar-refractivity contribution in [2.75, 3.05) is 52.5 Å². The van der Waals surface area contributed by atoms with Gasteiger partial charge in [0, 0.05) is 74.7 Å². The van der Waals surface area contributed by atoms with Gasteiger partial charge in [-0.1, -0.05) is 0 Å². The van der Waals surface area contributed by atoms with Crippen molar-refractivity contribution in [2.24, 2.45) is 5.92 Å². The summed E-state index contributed by atoms with van der Waals surface area (Å²) < 4.78 is 28.5. The Morgan fingerprint density at radius 2 is 1.98 bits per heavy atom. The van der Waals surface area contributed by atoms with E-state index in [9.17, 15) is 9.59 Å². The number of amides is 1. The molecule has 10 nitrogen and oxygen atoms in total. The van der Waals surface area contributed by atoms with E-state index in [-0.39, 0.29) is 53.2 Å². The van der Waals surface area contributed by atoms with Crippen LogP contribution in [0.25, 0.3) is 0 Å². The van der Waals surface area contributed by atoms with Crippen molar-refractivity contribution in [2.45, 2.75) is 79.9 Å². The number of nitrogens with one attached hydrogen (secondary N) is 1. The predicted molar refractivity (Wildman–Crippen MR) is 153 cm³/mol. The zero-order valence-electron chi connectivity index (χ0n) is 23.8. The van der Waals surface area contributed by atoms with E-state index in [1.807, 2.05) is 0 Å². The summed E-state index contributed by atoms with van der Waals surface area (Å²) in [5.74, 6) is -1.09. The number of ketones is 1. The molecule has 9 atom stereocenters. The Balaban J connectivity index is 1.13. The van der Waals surface area contributed by atoms with Crippen LogP contribution in [0.1, 0.15) is 43.7 Å². The summed E-state index contributed by atoms with van der Waals surface area (Å²) in [6, 6.07) is -0.768. The van der Waals surface area contributed by atoms with Gasteiger partial charge < -0.3 is 19.7 Å². The van der Waals surface area contributed by atoms with Gasteiger partial charge in [-0.25, -0.2) is 4.39 Å². The van der Waals surface area contributed by atoms with E-state index in [0.717, 1.165) is 44.6 Å². The van der Waals surface area contributed by atoms with Crippen LogP contribution in [0.4, 0.5) is 4.39 Å². The van der Waals surface area contributed by atoms with E-state index < -0.39 is 24.2 Å². The number of Topliss-reactive ketones (excluding diaryl/α,β-unsaturated/α-hetero) is 1. The molecule has 9 unspecified atom stereocenters. The number of hydrogen-bond donors (Lipinski definition) is 1. The average molecular weight is 603 g/mol. The fraction of sp³-hybridized carbons (Fsp3) is 0.733. The maximum absolute atomic E-state index is 16.3. The number of nitrogens with zero attached hydrogens (tertiary/aromatic N) is 5. The van der Waals surface area contributed by atoms with Crippen molar-refractivity contribution >= 4 is 23.3 Å². The van der Waals surface area contributed by atoms with Crippen molar-refractivity contribution in [1.29, 1.82) is 0 Å². The first-order chi connectivity index (χ1) is 20.5. The van der Waals surface area contributed by atoms with Crippen LogP contribution in [-0.4, -0.2) is 131 Å². The second-order valence-electron chi connectivity index (χ2n) is 12.6. The quantitative estimate of drug-likeness (QED) is 0.384. The maximum atomic E-state index is 16.3. The van der Waals surface area contributed by atoms with Crippen molar-refractivity contribution in [3.8, 4) is 0 Å². The summed E-state index contributed by atoms with van der Waals surface area (Å²) >= 11 is 6.61. The molecule has 0 aromatic carbocycles. The molecule has 2 aliphatic carbocycles. The second kappa shape index (κ2) is 12.1. The number of aromatic nitrogens is 2. The zero-order valence-corrected chi connectivity index (χ0v) is 24.6. The minimum absolute atomic E-state index is 0.00649. The lowest BCUT2D eigenvalue weighted by molar-refractivity contribution is -0.209. The summed E-state index contributed by atoms with van der Waals surface area (Å²) in [7, 11) is 0. The van der Waals surface area contributed by atoms with Crippen LogP contribution in [0.5, 0.6) is 0 Å². The van der Waals surface area contributed by atoms with Crippen molar-refractivity contribution < 1.29 is 23.5 Å². The largest absolute Gasteiger partial charge is 0.379 e. The number of morpholine rings is 2. The summed E-state index contributed by atoms with van der Waals surface area (Å²) in [5, 5.41) is 2.95. The van der Waals surface area contributed by atoms with Crippen LogP contribution in [0.2, 0.25) is 0 Å². The zero-order chi connectivity index (χ0) is 28.8. The molecule has 5 fully saturated rings. The Kier molecular flexibility index (Phi) is 8.22. The molecule has 0 radical (unpaired) electrons. The third-order valence-electron chi connectivity index (χ3n) is 10.3. The van der Waals surface area contributed by atoms with Crippen LogP contribution in [0.15, 0.2) is 30.4 Å². The molecule has 7 rings (SSSR count). The van der Waals surface area contributed by atoms with E-state index in [2.05, 4.69) is 30.0 Å². The number of likely N-dealkylation sites (tertiary alicyclic amines) is 1. The topological polar surface area (TPSA) is 100 Å². The maximum Gasteiger partial charge on any atom is 0.256 e. The summed E-state index contributed by atoms with van der Waals surface area (Å²) in [5.41, 5.74) is 1.06. The predicted octanol–water partition coefficient (Wildman–Crippen LogP) is 1.51. The van der Waals surface area contributed by atoms with Crippen molar-refractivity contribution in [1.82, 2.24) is 30.0 Å². The van der Waals surface area contributed by atoms with Gasteiger partial charge in [0.25, 0.3) is 5.91 Å². The lowest BCUT2D eigenvalue weighted by atomic mass is 9.69. The lowest BCUT2D eigenvalue weighted by Gasteiger charge is -2.60. The fourth-order valence-corrected chi connectivity index (χ4v) is 8.50. The standard InChI is InChI=1S/C30H40ClFN6O4/c31-19-1-2-24-25(13-19)42-29-26-20(14-22(32)27(29)37-7-3-18(16-37)23-15-33-4-5-34-23)28(39)21(17-38(24)26)30(40)35-6-8-36-9-11-41-12-10-36/h4-5,15,17-20,22,24-27,29H,1-3,6-14,16H2,(H,35,40). The Hall–Kier alpha value is -2.18. The molecule has 1 N–H and O–H groups in total. The minimum atomic E-state index is -1.25. The first-order valence-corrected chi connectivity index (χ1v) is 16.0. The third-order valence-corrected chi connectivity index (χ3v) is 10.7. The Morgan fingerprint density at radius 3 is 2.79 bits per heavy atom. The van der Waals surface area contributed by atoms with E-state index in [4.69, 9.17) is 21.1 Å². The lowest BCUT2D eigenvalue weighted by Crippen LogP contribution is -2.73. The highest BCUT2D eigenvalue weighted by atomic mass is 35.5. The van der Waals surface area contributed by atoms with Gasteiger partial charge in [-0.2, -0.15) is 0 Å². The SMILES string of the molecule is O=C(NCCN1CCOCC1)C1=CN2C3CCC(Cl)CC3OC3C(N4CCC(c5cnccn5)C4)C(F)CC(C1=O)C32. The number of ether oxygens (including phenoxy) is 2. The molecule has 42 heavy (non-hydrogen) atoms. The highest BCUT2D eigenvalue weighted by Gasteiger charge is 2.60. The number of hydrogen-bond acceptors (Lipinski definition) is 9. The molecule has 6 aliphatic rings. The van der Waals surface area contributed by atoms with Gasteiger partial charge in [0.05, 0.1) is 54.8 Å². The molecule has 4 aliphatic heterocycles. The van der Waals surface area contributed by atoms with Gasteiger partial charge in [-0.05, 0) is 38.6 Å². The first-order valence-electron chi connectivity index (χ1n) is 15.5. The highest BCUT2D eigenvalue weighted by molar-refractivity contribution is 6.21. The summed E-state index contributed by atoms with van der Waals surface area (Å²) in [6.07, 6.45) is 8.30. The van der Waals surface area contributed by atoms with Gasteiger partial charge >= 0.3 is 0 Å². The molecule has 0 spiro atoms. The number of alkyl halides is 2. The van der Waals surface area contributed by atoms with Crippen LogP contribution >= 0.6 is 11.6 Å². The molecule has 2 saturated carbocycles. The average Bonchev–Trinajstić information content (AvgIpc) is 3.49. The molecule has 0 bridgehead atoms. The van der Waals surface area contributed by atoms with Crippen molar-refractivity contribution in [3.05, 3.63) is 36.1 Å². The van der Waals surface area contributed by atoms with Gasteiger partial charge in [0.15, 0.2) is 5.78 Å². The molecule has 228 valence electrons. The van der Waals surface area contributed by atoms with Crippen LogP contribution < -0.4 is 5.32 Å². The van der Waals surface area contributed by atoms with Gasteiger partial charge in [-0.15, -0.1) is 11.6 Å². The van der Waals surface area contributed by atoms with E-state index in [0.29, 0.717) is 39.3 Å². The number of fused-ring (bicyclic) bond motifs is 2. The first kappa shape index (κ1) is 28.6. The molecule has 1 aromatic heterocycles. The van der Waals surface area contributed by atoms with Crippen LogP contribution in [-0.2, 0) is 19.1 Å². The highest BCUT2D eigenvalue weighted by Crippen LogP contribution is 2.48. The van der Waals surface area contributed by atoms with Crippen LogP contribution in [0, 0.1) is 5.92 Å². The smallest absolute Gasteiger partial charge is 0.256 e. The molecular weight excluding hydrogens is 563 g/mol. The van der Waals surface area contributed by atoms with Gasteiger partial charge in [-0.3, -0.25) is 29.4 Å². The van der Waals surface area contributed by atoms with Gasteiger partial charge in [0.1, 0.15) is 6.17 Å². The molecular formula is C30H40ClFN6O4. The fourth-order valence-electron chi connectivity index (χ4n) is 8.20. The van der Waals surface area contributed by atoms with Crippen LogP contribution in [0.3, 0.4) is 0 Å². The second-order valence-corrected chi connectivity index (χ2v) is 13.2. The number of rotatable bonds is 6. The minimum Gasteiger partial charge on any atom is -0.379 e. The third kappa shape index (κ3) is 5.36. The Morgan fingerprint density at radius 1 is 1.12 bits per heavy atom. The molecule has 1 aromatic rings. The summed E-state index contributed by atoms with van der Waals surface area (Å²) in [4.78, 5) is 42.6. The molecule has 1 amide bonds. The van der Waals surface area contributed by atoms with E-state index in [1.165, 1.54) is 0 Å². The Labute approximate surface area is 250 Å². The molecule has 5 heterocycles.